The van der Waals surface area contributed by atoms with E-state index in [9.17, 15) is 5.11 Å². The second-order valence-corrected chi connectivity index (χ2v) is 4.64. The third-order valence-corrected chi connectivity index (χ3v) is 3.08. The third kappa shape index (κ3) is 1.99. The van der Waals surface area contributed by atoms with E-state index in [2.05, 4.69) is 32.9 Å². The molecule has 0 heterocycles. The van der Waals surface area contributed by atoms with Crippen molar-refractivity contribution in [3.8, 4) is 5.75 Å². The first-order valence-corrected chi connectivity index (χ1v) is 5.63. The molecule has 0 spiro atoms. The summed E-state index contributed by atoms with van der Waals surface area (Å²) in [7, 11) is 0. The molecule has 1 atom stereocenters. The van der Waals surface area contributed by atoms with Crippen molar-refractivity contribution in [1.29, 1.82) is 0 Å². The molecule has 0 aliphatic heterocycles. The summed E-state index contributed by atoms with van der Waals surface area (Å²) in [6, 6.07) is 11.8. The summed E-state index contributed by atoms with van der Waals surface area (Å²) in [5, 5.41) is 11.6. The molecular weight excluding hydrogens is 196 g/mol. The summed E-state index contributed by atoms with van der Waals surface area (Å²) in [5.41, 5.74) is 1.26. The first-order chi connectivity index (χ1) is 7.58. The molecule has 0 amide bonds. The van der Waals surface area contributed by atoms with E-state index in [0.29, 0.717) is 17.6 Å². The average molecular weight is 213 g/mol. The van der Waals surface area contributed by atoms with Crippen LogP contribution >= 0.6 is 0 Å². The summed E-state index contributed by atoms with van der Waals surface area (Å²) >= 11 is 0. The van der Waals surface area contributed by atoms with Gasteiger partial charge in [-0.1, -0.05) is 32.0 Å². The van der Waals surface area contributed by atoms with Crippen LogP contribution in [0.4, 0.5) is 0 Å². The van der Waals surface area contributed by atoms with Crippen LogP contribution in [0.25, 0.3) is 10.8 Å². The fraction of sp³-hybridized carbons (Fsp3) is 0.267. The molecular formula is C15H17O+. The normalized spacial score (nSPS) is 13.2. The topological polar surface area (TPSA) is 20.2 Å². The van der Waals surface area contributed by atoms with Crippen molar-refractivity contribution in [2.75, 3.05) is 0 Å². The largest absolute Gasteiger partial charge is 0.508 e. The quantitative estimate of drug-likeness (QED) is 0.744. The van der Waals surface area contributed by atoms with Crippen LogP contribution in [-0.2, 0) is 0 Å². The van der Waals surface area contributed by atoms with Gasteiger partial charge in [0.15, 0.2) is 0 Å². The molecule has 0 aliphatic carbocycles. The van der Waals surface area contributed by atoms with Gasteiger partial charge in [0.1, 0.15) is 11.7 Å². The smallest absolute Gasteiger partial charge is 0.122 e. The average Bonchev–Trinajstić information content (AvgIpc) is 2.27. The van der Waals surface area contributed by atoms with Gasteiger partial charge in [0, 0.05) is 5.92 Å². The predicted octanol–water partition coefficient (Wildman–Crippen LogP) is 4.12. The molecule has 16 heavy (non-hydrogen) atoms. The Hall–Kier alpha value is -1.63. The Kier molecular flexibility index (Phi) is 2.78. The lowest BCUT2D eigenvalue weighted by atomic mass is 9.89. The van der Waals surface area contributed by atoms with E-state index in [1.54, 1.807) is 12.1 Å². The fourth-order valence-corrected chi connectivity index (χ4v) is 1.87. The molecule has 82 valence electrons. The van der Waals surface area contributed by atoms with E-state index in [1.165, 1.54) is 5.56 Å². The van der Waals surface area contributed by atoms with Crippen molar-refractivity contribution in [2.24, 2.45) is 5.92 Å². The first-order valence-electron chi connectivity index (χ1n) is 5.63. The van der Waals surface area contributed by atoms with Crippen LogP contribution in [0.3, 0.4) is 0 Å². The van der Waals surface area contributed by atoms with E-state index in [4.69, 9.17) is 0 Å². The minimum Gasteiger partial charge on any atom is -0.508 e. The summed E-state index contributed by atoms with van der Waals surface area (Å²) in [4.78, 5) is 0. The zero-order valence-corrected chi connectivity index (χ0v) is 9.77. The standard InChI is InChI=1S/C15H16O/c1-10(2)11(3)12-4-5-14-9-15(16)7-6-13(14)8-12/h4-11H,3H2,1-2H3/p+1. The summed E-state index contributed by atoms with van der Waals surface area (Å²) in [6.45, 7) is 8.54. The molecule has 0 fully saturated rings. The van der Waals surface area contributed by atoms with Gasteiger partial charge in [0.2, 0.25) is 0 Å². The van der Waals surface area contributed by atoms with Gasteiger partial charge in [0.25, 0.3) is 0 Å². The summed E-state index contributed by atoms with van der Waals surface area (Å²) < 4.78 is 0. The Morgan fingerprint density at radius 3 is 2.31 bits per heavy atom. The number of hydrogen-bond acceptors (Lipinski definition) is 1. The lowest BCUT2D eigenvalue weighted by Crippen LogP contribution is -2.01. The molecule has 0 radical (unpaired) electrons. The van der Waals surface area contributed by atoms with Gasteiger partial charge < -0.3 is 5.11 Å². The fourth-order valence-electron chi connectivity index (χ4n) is 1.87. The SMILES string of the molecule is [CH2+]C(c1ccc2cc(O)ccc2c1)C(C)C. The van der Waals surface area contributed by atoms with Crippen LogP contribution < -0.4 is 0 Å². The van der Waals surface area contributed by atoms with Gasteiger partial charge in [-0.3, -0.25) is 0 Å². The molecule has 2 aromatic carbocycles. The zero-order chi connectivity index (χ0) is 11.7. The number of rotatable bonds is 2. The van der Waals surface area contributed by atoms with Gasteiger partial charge in [-0.25, -0.2) is 0 Å². The molecule has 1 heteroatoms. The monoisotopic (exact) mass is 213 g/mol. The van der Waals surface area contributed by atoms with Crippen molar-refractivity contribution < 1.29 is 5.11 Å². The highest BCUT2D eigenvalue weighted by molar-refractivity contribution is 5.84. The molecule has 0 aliphatic rings. The second kappa shape index (κ2) is 4.09. The van der Waals surface area contributed by atoms with Crippen molar-refractivity contribution >= 4 is 10.8 Å². The Morgan fingerprint density at radius 1 is 1.00 bits per heavy atom. The first kappa shape index (κ1) is 10.9. The van der Waals surface area contributed by atoms with E-state index < -0.39 is 0 Å². The Balaban J connectivity index is 2.48. The molecule has 0 bridgehead atoms. The van der Waals surface area contributed by atoms with E-state index in [0.717, 1.165) is 10.8 Å². The number of phenols is 1. The lowest BCUT2D eigenvalue weighted by molar-refractivity contribution is 0.476. The zero-order valence-electron chi connectivity index (χ0n) is 9.77. The number of phenolic OH excluding ortho intramolecular Hbond substituents is 1. The van der Waals surface area contributed by atoms with Crippen molar-refractivity contribution in [2.45, 2.75) is 19.8 Å². The lowest BCUT2D eigenvalue weighted by Gasteiger charge is -2.10. The highest BCUT2D eigenvalue weighted by atomic mass is 16.3. The van der Waals surface area contributed by atoms with Crippen LogP contribution in [0.5, 0.6) is 5.75 Å². The predicted molar refractivity (Wildman–Crippen MR) is 68.5 cm³/mol. The van der Waals surface area contributed by atoms with Gasteiger partial charge >= 0.3 is 0 Å². The molecule has 0 saturated heterocycles. The molecule has 1 nitrogen and oxygen atoms in total. The number of hydrogen-bond donors (Lipinski definition) is 1. The second-order valence-electron chi connectivity index (χ2n) is 4.64. The maximum Gasteiger partial charge on any atom is 0.122 e. The van der Waals surface area contributed by atoms with Crippen molar-refractivity contribution in [3.63, 3.8) is 0 Å². The van der Waals surface area contributed by atoms with Gasteiger partial charge in [-0.05, 0) is 34.5 Å². The van der Waals surface area contributed by atoms with E-state index in [-0.39, 0.29) is 0 Å². The summed E-state index contributed by atoms with van der Waals surface area (Å²) in [6.07, 6.45) is 0. The summed E-state index contributed by atoms with van der Waals surface area (Å²) in [5.74, 6) is 1.17. The van der Waals surface area contributed by atoms with Gasteiger partial charge in [-0.15, -0.1) is 0 Å². The number of benzene rings is 2. The number of fused-ring (bicyclic) bond motifs is 1. The minimum atomic E-state index is 0.315. The molecule has 2 rings (SSSR count). The maximum atomic E-state index is 9.38. The molecule has 0 saturated carbocycles. The van der Waals surface area contributed by atoms with E-state index >= 15 is 0 Å². The third-order valence-electron chi connectivity index (χ3n) is 3.08. The molecule has 1 unspecified atom stereocenters. The van der Waals surface area contributed by atoms with Crippen molar-refractivity contribution in [1.82, 2.24) is 0 Å². The molecule has 0 aromatic heterocycles. The van der Waals surface area contributed by atoms with Crippen LogP contribution in [0, 0.1) is 12.8 Å². The van der Waals surface area contributed by atoms with Crippen LogP contribution in [0.2, 0.25) is 0 Å². The Bertz CT molecular complexity index is 500. The molecule has 2 aromatic rings. The maximum absolute atomic E-state index is 9.38. The highest BCUT2D eigenvalue weighted by Crippen LogP contribution is 2.27. The Morgan fingerprint density at radius 2 is 1.62 bits per heavy atom. The van der Waals surface area contributed by atoms with E-state index in [1.807, 2.05) is 12.1 Å². The van der Waals surface area contributed by atoms with Gasteiger partial charge in [-0.2, -0.15) is 0 Å². The number of aromatic hydroxyl groups is 1. The van der Waals surface area contributed by atoms with Crippen LogP contribution in [-0.4, -0.2) is 5.11 Å². The van der Waals surface area contributed by atoms with Crippen LogP contribution in [0.1, 0.15) is 25.3 Å². The Labute approximate surface area is 96.7 Å². The van der Waals surface area contributed by atoms with Crippen molar-refractivity contribution in [3.05, 3.63) is 48.9 Å². The molecule has 1 N–H and O–H groups in total. The minimum absolute atomic E-state index is 0.315. The highest BCUT2D eigenvalue weighted by Gasteiger charge is 2.16. The van der Waals surface area contributed by atoms with Crippen LogP contribution in [0.15, 0.2) is 36.4 Å². The van der Waals surface area contributed by atoms with Gasteiger partial charge in [0.05, 0.1) is 6.92 Å².